The molecule has 0 spiro atoms. The van der Waals surface area contributed by atoms with Gasteiger partial charge in [-0.25, -0.2) is 0 Å². The van der Waals surface area contributed by atoms with Gasteiger partial charge >= 0.3 is 5.97 Å². The molecule has 0 saturated heterocycles. The van der Waals surface area contributed by atoms with Crippen LogP contribution in [0.2, 0.25) is 0 Å². The Balaban J connectivity index is 1.83. The maximum atomic E-state index is 12.1. The van der Waals surface area contributed by atoms with Gasteiger partial charge in [0.15, 0.2) is 0 Å². The van der Waals surface area contributed by atoms with E-state index in [0.717, 1.165) is 12.3 Å². The van der Waals surface area contributed by atoms with Gasteiger partial charge in [0.05, 0.1) is 5.92 Å². The van der Waals surface area contributed by atoms with Gasteiger partial charge in [0.2, 0.25) is 5.91 Å². The number of carboxylic acid groups (broad SMARTS) is 1. The van der Waals surface area contributed by atoms with Crippen LogP contribution < -0.4 is 5.32 Å². The molecule has 4 unspecified atom stereocenters. The molecule has 4 heteroatoms. The van der Waals surface area contributed by atoms with Crippen molar-refractivity contribution < 1.29 is 14.7 Å². The number of hydrogen-bond donors (Lipinski definition) is 2. The number of carboxylic acids is 1. The van der Waals surface area contributed by atoms with E-state index in [1.807, 2.05) is 13.8 Å². The van der Waals surface area contributed by atoms with Crippen LogP contribution in [0.25, 0.3) is 0 Å². The number of carbonyl (C=O) groups is 2. The maximum Gasteiger partial charge on any atom is 0.308 e. The number of rotatable bonds is 5. The van der Waals surface area contributed by atoms with Gasteiger partial charge < -0.3 is 10.4 Å². The first kappa shape index (κ1) is 13.4. The summed E-state index contributed by atoms with van der Waals surface area (Å²) in [6.45, 7) is 4.02. The van der Waals surface area contributed by atoms with Crippen LogP contribution in [-0.4, -0.2) is 23.5 Å². The van der Waals surface area contributed by atoms with E-state index in [1.165, 1.54) is 19.3 Å². The fraction of sp³-hybridized carbons (Fsp3) is 0.857. The minimum absolute atomic E-state index is 0.0443. The van der Waals surface area contributed by atoms with Gasteiger partial charge in [-0.2, -0.15) is 0 Å². The van der Waals surface area contributed by atoms with Crippen molar-refractivity contribution in [3.05, 3.63) is 0 Å². The first-order valence-corrected chi connectivity index (χ1v) is 6.99. The molecule has 18 heavy (non-hydrogen) atoms. The zero-order valence-electron chi connectivity index (χ0n) is 11.2. The fourth-order valence-corrected chi connectivity index (χ4v) is 3.52. The summed E-state index contributed by atoms with van der Waals surface area (Å²) < 4.78 is 0. The Morgan fingerprint density at radius 2 is 2.00 bits per heavy atom. The molecule has 0 aromatic rings. The van der Waals surface area contributed by atoms with Crippen molar-refractivity contribution in [2.45, 2.75) is 39.5 Å². The summed E-state index contributed by atoms with van der Waals surface area (Å²) >= 11 is 0. The Hall–Kier alpha value is -1.06. The number of amides is 1. The van der Waals surface area contributed by atoms with Crippen LogP contribution in [0.3, 0.4) is 0 Å². The monoisotopic (exact) mass is 253 g/mol. The SMILES string of the molecule is CC(C)C(CNC(=O)C1CC2CCC1C2)C(=O)O. The van der Waals surface area contributed by atoms with Gasteiger partial charge in [-0.05, 0) is 37.0 Å². The largest absolute Gasteiger partial charge is 0.481 e. The molecule has 0 aliphatic heterocycles. The molecule has 2 saturated carbocycles. The van der Waals surface area contributed by atoms with Gasteiger partial charge in [-0.3, -0.25) is 9.59 Å². The summed E-state index contributed by atoms with van der Waals surface area (Å²) in [4.78, 5) is 23.1. The van der Waals surface area contributed by atoms with Crippen molar-refractivity contribution in [1.29, 1.82) is 0 Å². The van der Waals surface area contributed by atoms with E-state index in [9.17, 15) is 9.59 Å². The predicted octanol–water partition coefficient (Wildman–Crippen LogP) is 1.90. The van der Waals surface area contributed by atoms with E-state index in [4.69, 9.17) is 5.11 Å². The lowest BCUT2D eigenvalue weighted by Gasteiger charge is -2.23. The third-order valence-electron chi connectivity index (χ3n) is 4.69. The lowest BCUT2D eigenvalue weighted by atomic mass is 9.88. The van der Waals surface area contributed by atoms with E-state index in [2.05, 4.69) is 5.32 Å². The van der Waals surface area contributed by atoms with E-state index in [-0.39, 0.29) is 24.3 Å². The highest BCUT2D eigenvalue weighted by atomic mass is 16.4. The van der Waals surface area contributed by atoms with E-state index >= 15 is 0 Å². The van der Waals surface area contributed by atoms with Crippen molar-refractivity contribution in [2.24, 2.45) is 29.6 Å². The van der Waals surface area contributed by atoms with Gasteiger partial charge in [0.1, 0.15) is 0 Å². The average molecular weight is 253 g/mol. The van der Waals surface area contributed by atoms with Crippen LogP contribution in [0.15, 0.2) is 0 Å². The van der Waals surface area contributed by atoms with Crippen LogP contribution in [0, 0.1) is 29.6 Å². The van der Waals surface area contributed by atoms with Crippen molar-refractivity contribution in [1.82, 2.24) is 5.32 Å². The van der Waals surface area contributed by atoms with Crippen LogP contribution in [0.1, 0.15) is 39.5 Å². The lowest BCUT2D eigenvalue weighted by molar-refractivity contribution is -0.143. The third-order valence-corrected chi connectivity index (χ3v) is 4.69. The summed E-state index contributed by atoms with van der Waals surface area (Å²) in [7, 11) is 0. The van der Waals surface area contributed by atoms with E-state index in [0.29, 0.717) is 5.92 Å². The Morgan fingerprint density at radius 1 is 1.28 bits per heavy atom. The molecule has 0 aromatic heterocycles. The van der Waals surface area contributed by atoms with Crippen molar-refractivity contribution in [3.63, 3.8) is 0 Å². The summed E-state index contributed by atoms with van der Waals surface area (Å²) in [6, 6.07) is 0. The zero-order valence-corrected chi connectivity index (χ0v) is 11.2. The summed E-state index contributed by atoms with van der Waals surface area (Å²) in [5.74, 6) is 0.261. The first-order chi connectivity index (χ1) is 8.49. The van der Waals surface area contributed by atoms with E-state index < -0.39 is 11.9 Å². The average Bonchev–Trinajstić information content (AvgIpc) is 2.89. The Bertz CT molecular complexity index is 340. The fourth-order valence-electron chi connectivity index (χ4n) is 3.52. The second kappa shape index (κ2) is 5.29. The molecule has 0 heterocycles. The first-order valence-electron chi connectivity index (χ1n) is 6.99. The molecule has 4 nitrogen and oxygen atoms in total. The van der Waals surface area contributed by atoms with Crippen LogP contribution in [-0.2, 0) is 9.59 Å². The minimum Gasteiger partial charge on any atom is -0.481 e. The number of nitrogens with one attached hydrogen (secondary N) is 1. The topological polar surface area (TPSA) is 66.4 Å². The normalized spacial score (nSPS) is 31.6. The van der Waals surface area contributed by atoms with Gasteiger partial charge in [-0.15, -0.1) is 0 Å². The molecule has 2 aliphatic rings. The van der Waals surface area contributed by atoms with Crippen LogP contribution in [0.4, 0.5) is 0 Å². The maximum absolute atomic E-state index is 12.1. The molecule has 102 valence electrons. The molecule has 2 N–H and O–H groups in total. The Labute approximate surface area is 108 Å². The molecule has 0 aromatic carbocycles. The third kappa shape index (κ3) is 2.68. The summed E-state index contributed by atoms with van der Waals surface area (Å²) in [5, 5.41) is 11.9. The summed E-state index contributed by atoms with van der Waals surface area (Å²) in [5.41, 5.74) is 0. The standard InChI is InChI=1S/C14H23NO3/c1-8(2)12(14(17)18)7-15-13(16)11-6-9-3-4-10(11)5-9/h8-12H,3-7H2,1-2H3,(H,15,16)(H,17,18). The molecule has 2 rings (SSSR count). The number of hydrogen-bond acceptors (Lipinski definition) is 2. The summed E-state index contributed by atoms with van der Waals surface area (Å²) in [6.07, 6.45) is 4.66. The van der Waals surface area contributed by atoms with Crippen LogP contribution in [0.5, 0.6) is 0 Å². The lowest BCUT2D eigenvalue weighted by Crippen LogP contribution is -2.39. The molecular formula is C14H23NO3. The smallest absolute Gasteiger partial charge is 0.308 e. The van der Waals surface area contributed by atoms with Gasteiger partial charge in [0.25, 0.3) is 0 Å². The molecule has 2 bridgehead atoms. The highest BCUT2D eigenvalue weighted by molar-refractivity contribution is 5.80. The predicted molar refractivity (Wildman–Crippen MR) is 67.9 cm³/mol. The molecule has 4 atom stereocenters. The molecule has 1 amide bonds. The van der Waals surface area contributed by atoms with Crippen molar-refractivity contribution in [2.75, 3.05) is 6.54 Å². The molecule has 2 fully saturated rings. The second-order valence-electron chi connectivity index (χ2n) is 6.22. The quantitative estimate of drug-likeness (QED) is 0.786. The van der Waals surface area contributed by atoms with Crippen molar-refractivity contribution in [3.8, 4) is 0 Å². The Morgan fingerprint density at radius 3 is 2.44 bits per heavy atom. The second-order valence-corrected chi connectivity index (χ2v) is 6.22. The molecule has 2 aliphatic carbocycles. The molecular weight excluding hydrogens is 230 g/mol. The number of carbonyl (C=O) groups excluding carboxylic acids is 1. The van der Waals surface area contributed by atoms with E-state index in [1.54, 1.807) is 0 Å². The minimum atomic E-state index is -0.821. The van der Waals surface area contributed by atoms with Crippen molar-refractivity contribution >= 4 is 11.9 Å². The highest BCUT2D eigenvalue weighted by Gasteiger charge is 2.43. The zero-order chi connectivity index (χ0) is 13.3. The molecule has 0 radical (unpaired) electrons. The Kier molecular flexibility index (Phi) is 3.93. The highest BCUT2D eigenvalue weighted by Crippen LogP contribution is 2.48. The van der Waals surface area contributed by atoms with Crippen LogP contribution >= 0.6 is 0 Å². The van der Waals surface area contributed by atoms with Gasteiger partial charge in [0, 0.05) is 12.5 Å². The number of fused-ring (bicyclic) bond motifs is 2. The number of aliphatic carboxylic acids is 1. The van der Waals surface area contributed by atoms with Gasteiger partial charge in [-0.1, -0.05) is 20.3 Å².